The van der Waals surface area contributed by atoms with Gasteiger partial charge in [0, 0.05) is 16.2 Å². The van der Waals surface area contributed by atoms with Gasteiger partial charge in [0.25, 0.3) is 5.79 Å². The van der Waals surface area contributed by atoms with E-state index in [4.69, 9.17) is 23.4 Å². The number of hydrogen-bond acceptors (Lipinski definition) is 5. The molecule has 4 rings (SSSR count). The molecule has 127 valence electrons. The predicted octanol–water partition coefficient (Wildman–Crippen LogP) is 3.85. The maximum atomic E-state index is 6.18. The first-order chi connectivity index (χ1) is 11.2. The van der Waals surface area contributed by atoms with Gasteiger partial charge in [0.2, 0.25) is 0 Å². The van der Waals surface area contributed by atoms with Crippen molar-refractivity contribution in [3.05, 3.63) is 30.0 Å². The molecule has 0 spiro atoms. The van der Waals surface area contributed by atoms with Crippen LogP contribution in [0.3, 0.4) is 0 Å². The van der Waals surface area contributed by atoms with E-state index in [9.17, 15) is 0 Å². The van der Waals surface area contributed by atoms with Crippen molar-refractivity contribution in [3.63, 3.8) is 0 Å². The van der Waals surface area contributed by atoms with E-state index in [1.807, 2.05) is 24.3 Å². The summed E-state index contributed by atoms with van der Waals surface area (Å²) in [5, 5.41) is 0.918. The first-order valence-electron chi connectivity index (χ1n) is 8.05. The molecule has 0 bridgehead atoms. The van der Waals surface area contributed by atoms with Gasteiger partial charge in [0.1, 0.15) is 11.3 Å². The molecular formula is C18H21O5Si. The predicted molar refractivity (Wildman–Crippen MR) is 88.4 cm³/mol. The Hall–Kier alpha value is -1.34. The number of hydrogen-bond donors (Lipinski definition) is 0. The fourth-order valence-electron chi connectivity index (χ4n) is 4.44. The monoisotopic (exact) mass is 345 g/mol. The molecule has 2 atom stereocenters. The number of fused-ring (bicyclic) bond motifs is 2. The minimum atomic E-state index is -1.04. The van der Waals surface area contributed by atoms with E-state index in [-0.39, 0.29) is 10.8 Å². The molecule has 24 heavy (non-hydrogen) atoms. The third kappa shape index (κ3) is 1.69. The van der Waals surface area contributed by atoms with Crippen LogP contribution in [0.2, 0.25) is 0 Å². The van der Waals surface area contributed by atoms with Gasteiger partial charge in [-0.05, 0) is 24.3 Å². The lowest BCUT2D eigenvalue weighted by molar-refractivity contribution is -0.629. The number of benzene rings is 1. The minimum absolute atomic E-state index is 0.214. The summed E-state index contributed by atoms with van der Waals surface area (Å²) in [5.41, 5.74) is -0.339. The van der Waals surface area contributed by atoms with E-state index >= 15 is 0 Å². The molecule has 1 aromatic heterocycles. The molecule has 2 aliphatic heterocycles. The lowest BCUT2D eigenvalue weighted by atomic mass is 9.58. The van der Waals surface area contributed by atoms with Crippen LogP contribution >= 0.6 is 0 Å². The third-order valence-electron chi connectivity index (χ3n) is 5.32. The average molecular weight is 345 g/mol. The Morgan fingerprint density at radius 1 is 1.12 bits per heavy atom. The smallest absolute Gasteiger partial charge is 0.341 e. The van der Waals surface area contributed by atoms with Crippen LogP contribution in [0.5, 0.6) is 5.75 Å². The quantitative estimate of drug-likeness (QED) is 0.611. The van der Waals surface area contributed by atoms with Crippen LogP contribution in [0, 0.1) is 10.8 Å². The Morgan fingerprint density at radius 3 is 2.46 bits per heavy atom. The molecule has 6 heteroatoms. The van der Waals surface area contributed by atoms with Crippen LogP contribution in [0.15, 0.2) is 28.7 Å². The highest BCUT2D eigenvalue weighted by molar-refractivity contribution is 6.00. The van der Waals surface area contributed by atoms with Crippen molar-refractivity contribution in [1.82, 2.24) is 0 Å². The van der Waals surface area contributed by atoms with E-state index < -0.39 is 11.4 Å². The first kappa shape index (κ1) is 16.1. The van der Waals surface area contributed by atoms with Crippen molar-refractivity contribution in [2.45, 2.75) is 46.0 Å². The van der Waals surface area contributed by atoms with Crippen LogP contribution in [-0.2, 0) is 20.3 Å². The van der Waals surface area contributed by atoms with Crippen LogP contribution in [0.1, 0.15) is 40.4 Å². The van der Waals surface area contributed by atoms with Gasteiger partial charge in [-0.15, -0.1) is 0 Å². The zero-order chi connectivity index (χ0) is 17.4. The molecule has 1 aromatic carbocycles. The van der Waals surface area contributed by atoms with Gasteiger partial charge < -0.3 is 13.6 Å². The molecule has 3 radical (unpaired) electrons. The zero-order valence-electron chi connectivity index (χ0n) is 14.6. The van der Waals surface area contributed by atoms with E-state index in [1.54, 1.807) is 0 Å². The summed E-state index contributed by atoms with van der Waals surface area (Å²) >= 11 is 0. The van der Waals surface area contributed by atoms with Gasteiger partial charge in [0.15, 0.2) is 11.4 Å². The first-order valence-corrected chi connectivity index (χ1v) is 8.46. The van der Waals surface area contributed by atoms with Gasteiger partial charge in [-0.2, -0.15) is 4.89 Å². The van der Waals surface area contributed by atoms with Gasteiger partial charge in [-0.3, -0.25) is 0 Å². The largest absolute Gasteiger partial charge is 0.540 e. The van der Waals surface area contributed by atoms with Crippen LogP contribution < -0.4 is 4.43 Å². The Labute approximate surface area is 144 Å². The van der Waals surface area contributed by atoms with Crippen molar-refractivity contribution in [3.8, 4) is 5.75 Å². The topological polar surface area (TPSA) is 50.1 Å². The van der Waals surface area contributed by atoms with Crippen molar-refractivity contribution in [2.24, 2.45) is 10.8 Å². The van der Waals surface area contributed by atoms with E-state index in [0.717, 1.165) is 11.0 Å². The molecular weight excluding hydrogens is 324 g/mol. The second-order valence-corrected chi connectivity index (χ2v) is 8.50. The van der Waals surface area contributed by atoms with Gasteiger partial charge >= 0.3 is 10.5 Å². The summed E-state index contributed by atoms with van der Waals surface area (Å²) in [5.74, 6) is 0.280. The lowest BCUT2D eigenvalue weighted by Gasteiger charge is -2.59. The Bertz CT molecular complexity index is 805. The molecule has 2 aliphatic rings. The number of ether oxygens (including phenoxy) is 1. The summed E-state index contributed by atoms with van der Waals surface area (Å²) in [6, 6.07) is 7.52. The second kappa shape index (κ2) is 4.63. The van der Waals surface area contributed by atoms with Crippen LogP contribution in [0.25, 0.3) is 11.0 Å². The van der Waals surface area contributed by atoms with E-state index in [0.29, 0.717) is 18.1 Å². The maximum absolute atomic E-state index is 6.18. The highest BCUT2D eigenvalue weighted by atomic mass is 28.2. The molecule has 2 aromatic rings. The second-order valence-electron chi connectivity index (χ2n) is 8.30. The zero-order valence-corrected chi connectivity index (χ0v) is 15.6. The van der Waals surface area contributed by atoms with Crippen LogP contribution in [0.4, 0.5) is 0 Å². The summed E-state index contributed by atoms with van der Waals surface area (Å²) < 4.78 is 17.4. The SMILES string of the molecule is CC(C)(C)C12OOC1(c1cc3cc(O[Si])ccc3o1)OCC2(C)C. The lowest BCUT2D eigenvalue weighted by Crippen LogP contribution is -2.72. The fraction of sp³-hybridized carbons (Fsp3) is 0.556. The van der Waals surface area contributed by atoms with Crippen molar-refractivity contribution >= 4 is 21.5 Å². The maximum Gasteiger partial charge on any atom is 0.341 e. The molecule has 2 unspecified atom stereocenters. The number of furan rings is 1. The molecule has 2 saturated heterocycles. The Kier molecular flexibility index (Phi) is 3.12. The summed E-state index contributed by atoms with van der Waals surface area (Å²) in [7, 11) is 3.05. The van der Waals surface area contributed by atoms with Gasteiger partial charge in [0.05, 0.1) is 6.61 Å². The minimum Gasteiger partial charge on any atom is -0.540 e. The standard InChI is InChI=1S/C18H21O5Si/c1-15(2,3)18-16(4,5)10-19-17(18,22-23-18)14-9-11-8-12(21-24)6-7-13(11)20-14/h6-9H,10H2,1-5H3. The number of rotatable bonds is 2. The molecule has 0 aliphatic carbocycles. The van der Waals surface area contributed by atoms with Gasteiger partial charge in [-0.1, -0.05) is 34.6 Å². The Balaban J connectivity index is 1.89. The van der Waals surface area contributed by atoms with Crippen molar-refractivity contribution < 1.29 is 23.4 Å². The third-order valence-corrected chi connectivity index (χ3v) is 5.56. The molecule has 0 N–H and O–H groups in total. The molecule has 2 fully saturated rings. The molecule has 5 nitrogen and oxygen atoms in total. The summed E-state index contributed by atoms with van der Waals surface area (Å²) in [4.78, 5) is 11.4. The summed E-state index contributed by atoms with van der Waals surface area (Å²) in [6.07, 6.45) is 0. The molecule has 0 saturated carbocycles. The van der Waals surface area contributed by atoms with E-state index in [2.05, 4.69) is 45.1 Å². The van der Waals surface area contributed by atoms with E-state index in [1.165, 1.54) is 0 Å². The normalized spacial score (nSPS) is 31.8. The Morgan fingerprint density at radius 2 is 1.88 bits per heavy atom. The average Bonchev–Trinajstić information content (AvgIpc) is 2.93. The van der Waals surface area contributed by atoms with Crippen LogP contribution in [-0.4, -0.2) is 22.7 Å². The van der Waals surface area contributed by atoms with Crippen molar-refractivity contribution in [2.75, 3.05) is 6.61 Å². The highest BCUT2D eigenvalue weighted by Crippen LogP contribution is 2.69. The highest BCUT2D eigenvalue weighted by Gasteiger charge is 2.82. The van der Waals surface area contributed by atoms with Crippen molar-refractivity contribution in [1.29, 1.82) is 0 Å². The molecule has 0 amide bonds. The summed E-state index contributed by atoms with van der Waals surface area (Å²) in [6.45, 7) is 11.2. The fourth-order valence-corrected chi connectivity index (χ4v) is 4.56. The van der Waals surface area contributed by atoms with Gasteiger partial charge in [-0.25, -0.2) is 4.89 Å². The molecule has 3 heterocycles.